The average molecular weight is 394 g/mol. The summed E-state index contributed by atoms with van der Waals surface area (Å²) in [6.07, 6.45) is 5.49. The number of benzene rings is 2. The summed E-state index contributed by atoms with van der Waals surface area (Å²) < 4.78 is 21.9. The van der Waals surface area contributed by atoms with Gasteiger partial charge in [-0.1, -0.05) is 43.3 Å². The Morgan fingerprint density at radius 2 is 1.83 bits per heavy atom. The number of carbonyl (C=O) groups excluding carboxylic acids is 1. The van der Waals surface area contributed by atoms with Gasteiger partial charge in [-0.3, -0.25) is 0 Å². The van der Waals surface area contributed by atoms with Crippen molar-refractivity contribution >= 4 is 16.9 Å². The van der Waals surface area contributed by atoms with Gasteiger partial charge in [0.15, 0.2) is 17.1 Å². The number of methoxy groups -OCH3 is 1. The van der Waals surface area contributed by atoms with Crippen molar-refractivity contribution in [3.8, 4) is 17.2 Å². The molecule has 0 spiro atoms. The Morgan fingerprint density at radius 1 is 1.03 bits per heavy atom. The Morgan fingerprint density at radius 3 is 2.55 bits per heavy atom. The van der Waals surface area contributed by atoms with Gasteiger partial charge < -0.3 is 18.6 Å². The number of hydrogen-bond donors (Lipinski definition) is 0. The lowest BCUT2D eigenvalue weighted by atomic mass is 10.2. The van der Waals surface area contributed by atoms with Crippen molar-refractivity contribution in [1.29, 1.82) is 0 Å². The molecule has 150 valence electrons. The predicted octanol–water partition coefficient (Wildman–Crippen LogP) is 4.76. The number of hydrogen-bond acceptors (Lipinski definition) is 6. The van der Waals surface area contributed by atoms with Crippen molar-refractivity contribution in [3.63, 3.8) is 0 Å². The molecule has 6 heteroatoms. The van der Waals surface area contributed by atoms with Gasteiger partial charge in [0.2, 0.25) is 5.75 Å². The summed E-state index contributed by atoms with van der Waals surface area (Å²) in [7, 11) is 1.47. The lowest BCUT2D eigenvalue weighted by Gasteiger charge is -2.13. The van der Waals surface area contributed by atoms with Crippen LogP contribution in [0, 0.1) is 0 Å². The molecule has 0 aliphatic carbocycles. The summed E-state index contributed by atoms with van der Waals surface area (Å²) in [5, 5.41) is 0.410. The largest absolute Gasteiger partial charge is 0.493 e. The van der Waals surface area contributed by atoms with Gasteiger partial charge in [0.05, 0.1) is 24.7 Å². The Hall–Kier alpha value is -3.54. The van der Waals surface area contributed by atoms with Crippen LogP contribution >= 0.6 is 0 Å². The summed E-state index contributed by atoms with van der Waals surface area (Å²) in [5.41, 5.74) is -0.194. The molecular weight excluding hydrogens is 372 g/mol. The van der Waals surface area contributed by atoms with Crippen molar-refractivity contribution in [2.24, 2.45) is 0 Å². The van der Waals surface area contributed by atoms with Crippen molar-refractivity contribution in [2.75, 3.05) is 13.7 Å². The summed E-state index contributed by atoms with van der Waals surface area (Å²) in [6.45, 7) is 2.27. The van der Waals surface area contributed by atoms with E-state index in [1.807, 2.05) is 19.1 Å². The second-order valence-corrected chi connectivity index (χ2v) is 6.16. The van der Waals surface area contributed by atoms with Gasteiger partial charge in [-0.25, -0.2) is 9.59 Å². The van der Waals surface area contributed by atoms with Gasteiger partial charge in [0, 0.05) is 0 Å². The summed E-state index contributed by atoms with van der Waals surface area (Å²) in [5.74, 6) is -0.367. The maximum absolute atomic E-state index is 12.6. The molecule has 1 aromatic heterocycles. The van der Waals surface area contributed by atoms with Crippen LogP contribution in [-0.4, -0.2) is 19.7 Å². The summed E-state index contributed by atoms with van der Waals surface area (Å²) in [4.78, 5) is 25.2. The van der Waals surface area contributed by atoms with Crippen molar-refractivity contribution in [2.45, 2.75) is 19.8 Å². The first-order valence-corrected chi connectivity index (χ1v) is 9.34. The van der Waals surface area contributed by atoms with E-state index < -0.39 is 11.6 Å². The molecule has 3 aromatic rings. The summed E-state index contributed by atoms with van der Waals surface area (Å²) in [6, 6.07) is 13.6. The minimum absolute atomic E-state index is 0.0171. The molecule has 6 nitrogen and oxygen atoms in total. The van der Waals surface area contributed by atoms with Gasteiger partial charge in [-0.15, -0.1) is 0 Å². The Bertz CT molecular complexity index is 1070. The van der Waals surface area contributed by atoms with E-state index in [1.165, 1.54) is 7.11 Å². The second kappa shape index (κ2) is 9.59. The van der Waals surface area contributed by atoms with Crippen molar-refractivity contribution < 1.29 is 23.4 Å². The Balaban J connectivity index is 2.04. The normalized spacial score (nSPS) is 11.0. The minimum Gasteiger partial charge on any atom is -0.493 e. The number of para-hydroxylation sites is 1. The Labute approximate surface area is 168 Å². The highest BCUT2D eigenvalue weighted by Gasteiger charge is 2.23. The molecule has 2 aromatic carbocycles. The second-order valence-electron chi connectivity index (χ2n) is 6.16. The van der Waals surface area contributed by atoms with E-state index in [0.29, 0.717) is 23.1 Å². The number of fused-ring (bicyclic) bond motifs is 1. The van der Waals surface area contributed by atoms with Crippen molar-refractivity contribution in [3.05, 3.63) is 76.7 Å². The first-order chi connectivity index (χ1) is 14.2. The number of rotatable bonds is 8. The molecule has 0 aliphatic rings. The van der Waals surface area contributed by atoms with Crippen LogP contribution in [-0.2, 0) is 0 Å². The zero-order valence-corrected chi connectivity index (χ0v) is 16.3. The molecule has 0 amide bonds. The molecule has 0 saturated heterocycles. The van der Waals surface area contributed by atoms with Crippen LogP contribution < -0.4 is 19.8 Å². The van der Waals surface area contributed by atoms with Gasteiger partial charge >= 0.3 is 11.6 Å². The van der Waals surface area contributed by atoms with Crippen LogP contribution in [0.1, 0.15) is 30.1 Å². The zero-order valence-electron chi connectivity index (χ0n) is 16.3. The molecule has 0 N–H and O–H groups in total. The van der Waals surface area contributed by atoms with Gasteiger partial charge in [-0.05, 0) is 37.1 Å². The minimum atomic E-state index is -0.739. The van der Waals surface area contributed by atoms with Gasteiger partial charge in [0.25, 0.3) is 0 Å². The van der Waals surface area contributed by atoms with Gasteiger partial charge in [-0.2, -0.15) is 0 Å². The Kier molecular flexibility index (Phi) is 6.68. The van der Waals surface area contributed by atoms with Crippen LogP contribution in [0.15, 0.2) is 69.9 Å². The van der Waals surface area contributed by atoms with E-state index in [1.54, 1.807) is 48.5 Å². The van der Waals surface area contributed by atoms with E-state index in [0.717, 1.165) is 6.42 Å². The molecule has 0 fully saturated rings. The third-order valence-corrected chi connectivity index (χ3v) is 4.17. The first-order valence-electron chi connectivity index (χ1n) is 9.34. The van der Waals surface area contributed by atoms with Crippen LogP contribution in [0.25, 0.3) is 11.0 Å². The molecule has 0 bridgehead atoms. The molecule has 0 unspecified atom stereocenters. The van der Waals surface area contributed by atoms with E-state index in [-0.39, 0.29) is 23.7 Å². The SMILES string of the molecule is CCC=CCCOc1c(OC(=O)c2ccccc2)c2cccc(OC)c2oc1=O. The predicted molar refractivity (Wildman–Crippen MR) is 110 cm³/mol. The maximum atomic E-state index is 12.6. The molecular formula is C23H22O6. The highest BCUT2D eigenvalue weighted by Crippen LogP contribution is 2.37. The fourth-order valence-corrected chi connectivity index (χ4v) is 2.78. The first kappa shape index (κ1) is 20.2. The van der Waals surface area contributed by atoms with Crippen molar-refractivity contribution in [1.82, 2.24) is 0 Å². The lowest BCUT2D eigenvalue weighted by molar-refractivity contribution is 0.0729. The molecule has 0 aliphatic heterocycles. The van der Waals surface area contributed by atoms with E-state index in [9.17, 15) is 9.59 Å². The molecule has 0 atom stereocenters. The number of ether oxygens (including phenoxy) is 3. The lowest BCUT2D eigenvalue weighted by Crippen LogP contribution is -2.15. The van der Waals surface area contributed by atoms with Crippen LogP contribution in [0.5, 0.6) is 17.2 Å². The zero-order chi connectivity index (χ0) is 20.6. The van der Waals surface area contributed by atoms with E-state index in [2.05, 4.69) is 0 Å². The number of allylic oxidation sites excluding steroid dienone is 1. The van der Waals surface area contributed by atoms with Crippen LogP contribution in [0.3, 0.4) is 0 Å². The molecule has 0 saturated carbocycles. The van der Waals surface area contributed by atoms with Crippen LogP contribution in [0.2, 0.25) is 0 Å². The topological polar surface area (TPSA) is 75.0 Å². The number of esters is 1. The number of carbonyl (C=O) groups is 1. The van der Waals surface area contributed by atoms with Crippen LogP contribution in [0.4, 0.5) is 0 Å². The third-order valence-electron chi connectivity index (χ3n) is 4.17. The standard InChI is InChI=1S/C23H22O6/c1-3-4-5-9-15-27-21-20(29-22(24)16-11-7-6-8-12-16)17-13-10-14-18(26-2)19(17)28-23(21)25/h4-8,10-14H,3,9,15H2,1-2H3. The molecule has 1 heterocycles. The van der Waals surface area contributed by atoms with Gasteiger partial charge in [0.1, 0.15) is 0 Å². The maximum Gasteiger partial charge on any atom is 0.383 e. The highest BCUT2D eigenvalue weighted by molar-refractivity contribution is 5.96. The fourth-order valence-electron chi connectivity index (χ4n) is 2.78. The monoisotopic (exact) mass is 394 g/mol. The molecule has 3 rings (SSSR count). The summed E-state index contributed by atoms with van der Waals surface area (Å²) >= 11 is 0. The molecule has 0 radical (unpaired) electrons. The highest BCUT2D eigenvalue weighted by atomic mass is 16.6. The molecule has 29 heavy (non-hydrogen) atoms. The fraction of sp³-hybridized carbons (Fsp3) is 0.217. The average Bonchev–Trinajstić information content (AvgIpc) is 2.75. The van der Waals surface area contributed by atoms with E-state index in [4.69, 9.17) is 18.6 Å². The third kappa shape index (κ3) is 4.66. The van der Waals surface area contributed by atoms with E-state index >= 15 is 0 Å². The smallest absolute Gasteiger partial charge is 0.383 e. The quantitative estimate of drug-likeness (QED) is 0.237.